The number of carbonyl (C=O) groups excluding carboxylic acids is 2. The third-order valence-electron chi connectivity index (χ3n) is 4.06. The zero-order valence-electron chi connectivity index (χ0n) is 15.6. The van der Waals surface area contributed by atoms with Crippen LogP contribution in [-0.4, -0.2) is 27.6 Å². The van der Waals surface area contributed by atoms with Crippen molar-refractivity contribution >= 4 is 34.1 Å². The first-order valence-electron chi connectivity index (χ1n) is 8.70. The molecule has 0 spiro atoms. The van der Waals surface area contributed by atoms with Gasteiger partial charge in [-0.1, -0.05) is 24.3 Å². The number of hydrogen-bond donors (Lipinski definition) is 3. The maximum absolute atomic E-state index is 12.3. The van der Waals surface area contributed by atoms with Crippen molar-refractivity contribution in [3.8, 4) is 5.75 Å². The van der Waals surface area contributed by atoms with Gasteiger partial charge in [0.05, 0.1) is 12.0 Å². The van der Waals surface area contributed by atoms with Gasteiger partial charge < -0.3 is 10.4 Å². The van der Waals surface area contributed by atoms with Crippen molar-refractivity contribution in [2.75, 3.05) is 5.32 Å². The number of pyridine rings is 1. The van der Waals surface area contributed by atoms with Crippen LogP contribution in [0.5, 0.6) is 5.75 Å². The van der Waals surface area contributed by atoms with E-state index in [0.29, 0.717) is 11.5 Å². The average molecular weight is 376 g/mol. The highest BCUT2D eigenvalue weighted by Crippen LogP contribution is 2.24. The van der Waals surface area contributed by atoms with Gasteiger partial charge >= 0.3 is 0 Å². The van der Waals surface area contributed by atoms with Gasteiger partial charge in [0.25, 0.3) is 5.91 Å². The van der Waals surface area contributed by atoms with Crippen LogP contribution in [0.1, 0.15) is 29.3 Å². The molecule has 0 radical (unpaired) electrons. The molecule has 1 heterocycles. The standard InChI is InChI=1S/C21H20N4O3/c1-13-7-8-22-19(9-13)23-20(27)10-14(2)24-25-21(28)17-11-15-5-3-4-6-16(15)12-18(17)26/h3-9,11-12,26H,10H2,1-2H3,(H,25,28)(H,22,23,27). The maximum Gasteiger partial charge on any atom is 0.275 e. The maximum atomic E-state index is 12.3. The number of nitrogens with one attached hydrogen (secondary N) is 2. The number of phenolic OH excluding ortho intramolecular Hbond substituents is 1. The van der Waals surface area contributed by atoms with Crippen LogP contribution in [-0.2, 0) is 4.79 Å². The lowest BCUT2D eigenvalue weighted by atomic mass is 10.1. The Morgan fingerprint density at radius 2 is 1.82 bits per heavy atom. The number of hydrazone groups is 1. The van der Waals surface area contributed by atoms with E-state index in [1.807, 2.05) is 37.3 Å². The molecule has 2 amide bonds. The summed E-state index contributed by atoms with van der Waals surface area (Å²) in [5.74, 6) is -0.513. The van der Waals surface area contributed by atoms with Crippen molar-refractivity contribution in [1.82, 2.24) is 10.4 Å². The summed E-state index contributed by atoms with van der Waals surface area (Å²) in [5, 5.41) is 18.4. The summed E-state index contributed by atoms with van der Waals surface area (Å²) in [6.07, 6.45) is 1.61. The Balaban J connectivity index is 1.63. The third-order valence-corrected chi connectivity index (χ3v) is 4.06. The minimum Gasteiger partial charge on any atom is -0.507 e. The van der Waals surface area contributed by atoms with Gasteiger partial charge in [0.2, 0.25) is 5.91 Å². The number of aromatic hydroxyl groups is 1. The molecule has 28 heavy (non-hydrogen) atoms. The Hall–Kier alpha value is -3.74. The molecule has 3 aromatic rings. The molecule has 0 fully saturated rings. The number of benzene rings is 2. The Bertz CT molecular complexity index is 1080. The van der Waals surface area contributed by atoms with Gasteiger partial charge in [-0.3, -0.25) is 9.59 Å². The first-order valence-corrected chi connectivity index (χ1v) is 8.70. The van der Waals surface area contributed by atoms with Crippen molar-refractivity contribution < 1.29 is 14.7 Å². The molecule has 0 unspecified atom stereocenters. The molecule has 3 N–H and O–H groups in total. The predicted molar refractivity (Wildman–Crippen MR) is 108 cm³/mol. The number of fused-ring (bicyclic) bond motifs is 1. The van der Waals surface area contributed by atoms with Crippen LogP contribution >= 0.6 is 0 Å². The van der Waals surface area contributed by atoms with E-state index < -0.39 is 5.91 Å². The number of phenols is 1. The van der Waals surface area contributed by atoms with E-state index in [-0.39, 0.29) is 23.6 Å². The van der Waals surface area contributed by atoms with Crippen LogP contribution in [0.4, 0.5) is 5.82 Å². The lowest BCUT2D eigenvalue weighted by molar-refractivity contribution is -0.115. The minimum atomic E-state index is -0.552. The summed E-state index contributed by atoms with van der Waals surface area (Å²) in [6.45, 7) is 3.53. The highest BCUT2D eigenvalue weighted by Gasteiger charge is 2.12. The first-order chi connectivity index (χ1) is 13.4. The number of carbonyl (C=O) groups is 2. The number of aromatic nitrogens is 1. The smallest absolute Gasteiger partial charge is 0.275 e. The Labute approximate surface area is 162 Å². The average Bonchev–Trinajstić information content (AvgIpc) is 2.65. The highest BCUT2D eigenvalue weighted by molar-refractivity contribution is 6.06. The number of nitrogens with zero attached hydrogens (tertiary/aromatic N) is 2. The normalized spacial score (nSPS) is 11.3. The van der Waals surface area contributed by atoms with E-state index >= 15 is 0 Å². The minimum absolute atomic E-state index is 0.000392. The molecular formula is C21H20N4O3. The van der Waals surface area contributed by atoms with E-state index in [1.54, 1.807) is 25.3 Å². The van der Waals surface area contributed by atoms with Gasteiger partial charge in [0, 0.05) is 11.9 Å². The van der Waals surface area contributed by atoms with Gasteiger partial charge in [0.15, 0.2) is 0 Å². The van der Waals surface area contributed by atoms with Crippen LogP contribution in [0.3, 0.4) is 0 Å². The van der Waals surface area contributed by atoms with Crippen LogP contribution in [0.25, 0.3) is 10.8 Å². The number of aryl methyl sites for hydroxylation is 1. The summed E-state index contributed by atoms with van der Waals surface area (Å²) >= 11 is 0. The van der Waals surface area contributed by atoms with Gasteiger partial charge in [-0.05, 0) is 54.4 Å². The Kier molecular flexibility index (Phi) is 5.64. The Morgan fingerprint density at radius 3 is 2.54 bits per heavy atom. The fraction of sp³-hybridized carbons (Fsp3) is 0.143. The van der Waals surface area contributed by atoms with Gasteiger partial charge in [0.1, 0.15) is 11.6 Å². The largest absolute Gasteiger partial charge is 0.507 e. The molecule has 0 aliphatic rings. The van der Waals surface area contributed by atoms with Crippen molar-refractivity contribution in [3.63, 3.8) is 0 Å². The molecule has 0 aliphatic carbocycles. The zero-order chi connectivity index (χ0) is 20.1. The summed E-state index contributed by atoms with van der Waals surface area (Å²) in [5.41, 5.74) is 3.89. The fourth-order valence-corrected chi connectivity index (χ4v) is 2.68. The topological polar surface area (TPSA) is 104 Å². The quantitative estimate of drug-likeness (QED) is 0.469. The molecule has 2 aromatic carbocycles. The van der Waals surface area contributed by atoms with Gasteiger partial charge in [-0.25, -0.2) is 10.4 Å². The summed E-state index contributed by atoms with van der Waals surface area (Å²) in [7, 11) is 0. The van der Waals surface area contributed by atoms with Gasteiger partial charge in [-0.15, -0.1) is 0 Å². The third kappa shape index (κ3) is 4.70. The van der Waals surface area contributed by atoms with Crippen LogP contribution in [0.2, 0.25) is 0 Å². The highest BCUT2D eigenvalue weighted by atomic mass is 16.3. The lowest BCUT2D eigenvalue weighted by Crippen LogP contribution is -2.21. The first kappa shape index (κ1) is 19.0. The number of hydrogen-bond acceptors (Lipinski definition) is 5. The molecule has 0 saturated carbocycles. The molecular weight excluding hydrogens is 356 g/mol. The monoisotopic (exact) mass is 376 g/mol. The second-order valence-corrected chi connectivity index (χ2v) is 6.45. The summed E-state index contributed by atoms with van der Waals surface area (Å²) < 4.78 is 0. The molecule has 3 rings (SSSR count). The Morgan fingerprint density at radius 1 is 1.11 bits per heavy atom. The fourth-order valence-electron chi connectivity index (χ4n) is 2.68. The molecule has 7 nitrogen and oxygen atoms in total. The number of anilines is 1. The van der Waals surface area contributed by atoms with E-state index in [2.05, 4.69) is 20.8 Å². The summed E-state index contributed by atoms with van der Waals surface area (Å²) in [6, 6.07) is 14.1. The molecule has 0 atom stereocenters. The van der Waals surface area contributed by atoms with Gasteiger partial charge in [-0.2, -0.15) is 5.10 Å². The van der Waals surface area contributed by atoms with E-state index in [9.17, 15) is 14.7 Å². The van der Waals surface area contributed by atoms with Crippen molar-refractivity contribution in [2.45, 2.75) is 20.3 Å². The van der Waals surface area contributed by atoms with Crippen LogP contribution in [0, 0.1) is 6.92 Å². The van der Waals surface area contributed by atoms with E-state index in [4.69, 9.17) is 0 Å². The zero-order valence-corrected chi connectivity index (χ0v) is 15.6. The predicted octanol–water partition coefficient (Wildman–Crippen LogP) is 3.38. The number of rotatable bonds is 5. The van der Waals surface area contributed by atoms with Crippen LogP contribution in [0.15, 0.2) is 59.8 Å². The van der Waals surface area contributed by atoms with Crippen molar-refractivity contribution in [3.05, 3.63) is 65.9 Å². The van der Waals surface area contributed by atoms with Crippen molar-refractivity contribution in [1.29, 1.82) is 0 Å². The number of amides is 2. The molecule has 1 aromatic heterocycles. The van der Waals surface area contributed by atoms with E-state index in [1.165, 1.54) is 6.07 Å². The second kappa shape index (κ2) is 8.30. The lowest BCUT2D eigenvalue weighted by Gasteiger charge is -2.07. The molecule has 0 bridgehead atoms. The van der Waals surface area contributed by atoms with Crippen LogP contribution < -0.4 is 10.7 Å². The van der Waals surface area contributed by atoms with E-state index in [0.717, 1.165) is 16.3 Å². The molecule has 142 valence electrons. The summed E-state index contributed by atoms with van der Waals surface area (Å²) in [4.78, 5) is 28.5. The molecule has 0 aliphatic heterocycles. The SMILES string of the molecule is CC(CC(=O)Nc1cc(C)ccn1)=NNC(=O)c1cc2ccccc2cc1O. The molecule has 0 saturated heterocycles. The second-order valence-electron chi connectivity index (χ2n) is 6.45. The van der Waals surface area contributed by atoms with Crippen molar-refractivity contribution in [2.24, 2.45) is 5.10 Å². The molecule has 7 heteroatoms.